The summed E-state index contributed by atoms with van der Waals surface area (Å²) in [7, 11) is 0. The molecule has 5 heteroatoms. The fourth-order valence-electron chi connectivity index (χ4n) is 3.43. The lowest BCUT2D eigenvalue weighted by molar-refractivity contribution is -0.118. The second-order valence-electron chi connectivity index (χ2n) is 6.40. The number of nitrogens with one attached hydrogen (secondary N) is 1. The molecule has 3 N–H and O–H groups in total. The Hall–Kier alpha value is -2.82. The van der Waals surface area contributed by atoms with Crippen molar-refractivity contribution in [1.82, 2.24) is 0 Å². The lowest BCUT2D eigenvalue weighted by atomic mass is 9.91. The van der Waals surface area contributed by atoms with Crippen LogP contribution in [-0.4, -0.2) is 17.9 Å². The van der Waals surface area contributed by atoms with E-state index in [1.54, 1.807) is 12.1 Å². The Labute approximate surface area is 147 Å². The number of hydrogen-bond donors (Lipinski definition) is 2. The quantitative estimate of drug-likeness (QED) is 0.897. The van der Waals surface area contributed by atoms with E-state index in [9.17, 15) is 9.59 Å². The van der Waals surface area contributed by atoms with E-state index in [1.807, 2.05) is 42.2 Å². The van der Waals surface area contributed by atoms with Crippen LogP contribution < -0.4 is 16.0 Å². The largest absolute Gasteiger partial charge is 0.378 e. The first-order valence-electron chi connectivity index (χ1n) is 8.58. The molecular weight excluding hydrogens is 314 g/mol. The topological polar surface area (TPSA) is 75.4 Å². The highest BCUT2D eigenvalue weighted by molar-refractivity contribution is 5.95. The van der Waals surface area contributed by atoms with Crippen LogP contribution in [0.25, 0.3) is 0 Å². The van der Waals surface area contributed by atoms with E-state index in [0.29, 0.717) is 12.0 Å². The zero-order chi connectivity index (χ0) is 18.0. The maximum absolute atomic E-state index is 12.4. The first-order valence-corrected chi connectivity index (χ1v) is 8.58. The van der Waals surface area contributed by atoms with Crippen LogP contribution in [0.5, 0.6) is 0 Å². The first-order chi connectivity index (χ1) is 12.0. The van der Waals surface area contributed by atoms with Crippen LogP contribution in [0.4, 0.5) is 11.4 Å². The van der Waals surface area contributed by atoms with E-state index in [4.69, 9.17) is 5.73 Å². The molecule has 2 aromatic rings. The number of fused-ring (bicyclic) bond motifs is 1. The molecule has 5 nitrogen and oxygen atoms in total. The SMILES string of the molecule is CCC(=O)N1c2ccccc2[C@H](Nc2ccc(C(N)=O)cc2)C[C@@H]1C. The fourth-order valence-corrected chi connectivity index (χ4v) is 3.43. The molecule has 2 amide bonds. The van der Waals surface area contributed by atoms with Crippen LogP contribution in [0.2, 0.25) is 0 Å². The molecular formula is C20H23N3O2. The highest BCUT2D eigenvalue weighted by Crippen LogP contribution is 2.39. The Morgan fingerprint density at radius 2 is 1.84 bits per heavy atom. The van der Waals surface area contributed by atoms with Crippen LogP contribution in [0.1, 0.15) is 48.7 Å². The zero-order valence-electron chi connectivity index (χ0n) is 14.5. The second kappa shape index (κ2) is 6.97. The Balaban J connectivity index is 1.89. The molecule has 0 unspecified atom stereocenters. The van der Waals surface area contributed by atoms with Crippen LogP contribution in [0.15, 0.2) is 48.5 Å². The van der Waals surface area contributed by atoms with E-state index in [2.05, 4.69) is 18.3 Å². The van der Waals surface area contributed by atoms with Gasteiger partial charge < -0.3 is 16.0 Å². The van der Waals surface area contributed by atoms with Crippen LogP contribution in [0, 0.1) is 0 Å². The summed E-state index contributed by atoms with van der Waals surface area (Å²) < 4.78 is 0. The molecule has 0 aliphatic carbocycles. The molecule has 0 radical (unpaired) electrons. The normalized spacial score (nSPS) is 19.2. The number of nitrogens with two attached hydrogens (primary N) is 1. The van der Waals surface area contributed by atoms with Gasteiger partial charge in [-0.25, -0.2) is 0 Å². The zero-order valence-corrected chi connectivity index (χ0v) is 14.5. The Kier molecular flexibility index (Phi) is 4.74. The molecule has 0 saturated heterocycles. The smallest absolute Gasteiger partial charge is 0.248 e. The number of carbonyl (C=O) groups is 2. The van der Waals surface area contributed by atoms with E-state index in [1.165, 1.54) is 0 Å². The highest BCUT2D eigenvalue weighted by atomic mass is 16.2. The number of para-hydroxylation sites is 1. The Morgan fingerprint density at radius 3 is 2.48 bits per heavy atom. The summed E-state index contributed by atoms with van der Waals surface area (Å²) in [5, 5.41) is 3.52. The van der Waals surface area contributed by atoms with Crippen molar-refractivity contribution in [2.75, 3.05) is 10.2 Å². The van der Waals surface area contributed by atoms with Gasteiger partial charge in [-0.3, -0.25) is 9.59 Å². The van der Waals surface area contributed by atoms with Gasteiger partial charge >= 0.3 is 0 Å². The van der Waals surface area contributed by atoms with E-state index in [-0.39, 0.29) is 18.0 Å². The standard InChI is InChI=1S/C20H23N3O2/c1-3-19(24)23-13(2)12-17(16-6-4-5-7-18(16)23)22-15-10-8-14(9-11-15)20(21)25/h4-11,13,17,22H,3,12H2,1-2H3,(H2,21,25)/t13-,17+/m0/s1. The molecule has 2 aromatic carbocycles. The summed E-state index contributed by atoms with van der Waals surface area (Å²) >= 11 is 0. The number of carbonyl (C=O) groups excluding carboxylic acids is 2. The number of benzene rings is 2. The van der Waals surface area contributed by atoms with Gasteiger partial charge in [-0.2, -0.15) is 0 Å². The maximum Gasteiger partial charge on any atom is 0.248 e. The summed E-state index contributed by atoms with van der Waals surface area (Å²) in [4.78, 5) is 25.5. The van der Waals surface area contributed by atoms with Crippen LogP contribution >= 0.6 is 0 Å². The summed E-state index contributed by atoms with van der Waals surface area (Å²) in [6.45, 7) is 3.97. The molecule has 0 fully saturated rings. The summed E-state index contributed by atoms with van der Waals surface area (Å²) in [6, 6.07) is 15.4. The minimum Gasteiger partial charge on any atom is -0.378 e. The fraction of sp³-hybridized carbons (Fsp3) is 0.300. The van der Waals surface area contributed by atoms with Gasteiger partial charge in [0.05, 0.1) is 6.04 Å². The highest BCUT2D eigenvalue weighted by Gasteiger charge is 2.32. The predicted octanol–water partition coefficient (Wildman–Crippen LogP) is 3.47. The molecule has 1 aliphatic heterocycles. The van der Waals surface area contributed by atoms with Crippen molar-refractivity contribution < 1.29 is 9.59 Å². The van der Waals surface area contributed by atoms with Crippen molar-refractivity contribution in [1.29, 1.82) is 0 Å². The molecule has 2 atom stereocenters. The molecule has 3 rings (SSSR count). The minimum atomic E-state index is -0.433. The molecule has 1 aliphatic rings. The van der Waals surface area contributed by atoms with Gasteiger partial charge in [0.2, 0.25) is 11.8 Å². The third kappa shape index (κ3) is 3.36. The van der Waals surface area contributed by atoms with Crippen LogP contribution in [-0.2, 0) is 4.79 Å². The number of nitrogens with zero attached hydrogens (tertiary/aromatic N) is 1. The second-order valence-corrected chi connectivity index (χ2v) is 6.40. The Morgan fingerprint density at radius 1 is 1.16 bits per heavy atom. The van der Waals surface area contributed by atoms with Crippen LogP contribution in [0.3, 0.4) is 0 Å². The van der Waals surface area contributed by atoms with Gasteiger partial charge in [0.25, 0.3) is 0 Å². The third-order valence-corrected chi connectivity index (χ3v) is 4.67. The summed E-state index contributed by atoms with van der Waals surface area (Å²) in [5.41, 5.74) is 8.79. The van der Waals surface area contributed by atoms with Gasteiger partial charge in [-0.15, -0.1) is 0 Å². The molecule has 25 heavy (non-hydrogen) atoms. The number of rotatable bonds is 4. The third-order valence-electron chi connectivity index (χ3n) is 4.67. The number of hydrogen-bond acceptors (Lipinski definition) is 3. The number of anilines is 2. The summed E-state index contributed by atoms with van der Waals surface area (Å²) in [6.07, 6.45) is 1.31. The van der Waals surface area contributed by atoms with Gasteiger partial charge in [0.1, 0.15) is 0 Å². The minimum absolute atomic E-state index is 0.103. The van der Waals surface area contributed by atoms with Crippen molar-refractivity contribution in [3.05, 3.63) is 59.7 Å². The lowest BCUT2D eigenvalue weighted by Crippen LogP contribution is -2.44. The van der Waals surface area contributed by atoms with E-state index in [0.717, 1.165) is 23.4 Å². The average molecular weight is 337 g/mol. The molecule has 130 valence electrons. The first kappa shape index (κ1) is 17.0. The molecule has 0 spiro atoms. The average Bonchev–Trinajstić information content (AvgIpc) is 2.62. The van der Waals surface area contributed by atoms with Crippen molar-refractivity contribution in [3.8, 4) is 0 Å². The van der Waals surface area contributed by atoms with Gasteiger partial charge in [-0.05, 0) is 49.2 Å². The summed E-state index contributed by atoms with van der Waals surface area (Å²) in [5.74, 6) is -0.291. The predicted molar refractivity (Wildman–Crippen MR) is 99.6 cm³/mol. The van der Waals surface area contributed by atoms with Crippen molar-refractivity contribution >= 4 is 23.2 Å². The van der Waals surface area contributed by atoms with Crippen molar-refractivity contribution in [2.45, 2.75) is 38.8 Å². The van der Waals surface area contributed by atoms with Crippen molar-refractivity contribution in [3.63, 3.8) is 0 Å². The lowest BCUT2D eigenvalue weighted by Gasteiger charge is -2.40. The number of primary amides is 1. The van der Waals surface area contributed by atoms with Gasteiger partial charge in [0, 0.05) is 29.4 Å². The monoisotopic (exact) mass is 337 g/mol. The molecule has 1 heterocycles. The molecule has 0 bridgehead atoms. The maximum atomic E-state index is 12.4. The molecule has 0 aromatic heterocycles. The van der Waals surface area contributed by atoms with E-state index < -0.39 is 5.91 Å². The van der Waals surface area contributed by atoms with E-state index >= 15 is 0 Å². The number of amides is 2. The molecule has 0 saturated carbocycles. The Bertz CT molecular complexity index is 786. The van der Waals surface area contributed by atoms with Gasteiger partial charge in [0.15, 0.2) is 0 Å². The van der Waals surface area contributed by atoms with Crippen molar-refractivity contribution in [2.24, 2.45) is 5.73 Å². The van der Waals surface area contributed by atoms with Gasteiger partial charge in [-0.1, -0.05) is 25.1 Å².